The second-order valence-corrected chi connectivity index (χ2v) is 7.81. The van der Waals surface area contributed by atoms with Gasteiger partial charge < -0.3 is 0 Å². The standard InChI is InChI=1S/C17H16ClN3O4S/c1-9-2-5-14-10(6-9)7-15(26-14)17(23)20-19-16(22)12-8-11(18)3-4-13(12)21(24)25/h3-4,7-9H,2,5-6H2,1H3,(H,19,22)(H,20,23)/t9-/m1/s1. The number of amides is 2. The smallest absolute Gasteiger partial charge is 0.267 e. The molecule has 1 aliphatic carbocycles. The number of carbonyl (C=O) groups excluding carboxylic acids is 2. The summed E-state index contributed by atoms with van der Waals surface area (Å²) in [4.78, 5) is 36.6. The van der Waals surface area contributed by atoms with Gasteiger partial charge in [-0.05, 0) is 48.9 Å². The summed E-state index contributed by atoms with van der Waals surface area (Å²) in [5.41, 5.74) is 5.09. The lowest BCUT2D eigenvalue weighted by molar-refractivity contribution is -0.385. The molecule has 2 N–H and O–H groups in total. The maximum atomic E-state index is 12.3. The molecule has 9 heteroatoms. The van der Waals surface area contributed by atoms with Gasteiger partial charge in [0, 0.05) is 16.0 Å². The molecule has 1 aromatic heterocycles. The molecule has 1 aromatic carbocycles. The van der Waals surface area contributed by atoms with Crippen LogP contribution >= 0.6 is 22.9 Å². The SMILES string of the molecule is C[C@@H]1CCc2sc(C(=O)NNC(=O)c3cc(Cl)ccc3[N+](=O)[O-])cc2C1. The third-order valence-electron chi connectivity index (χ3n) is 4.24. The molecule has 0 saturated carbocycles. The molecular formula is C17H16ClN3O4S. The van der Waals surface area contributed by atoms with Crippen LogP contribution in [-0.2, 0) is 12.8 Å². The molecular weight excluding hydrogens is 378 g/mol. The third kappa shape index (κ3) is 3.86. The molecule has 7 nitrogen and oxygen atoms in total. The van der Waals surface area contributed by atoms with Crippen LogP contribution in [0.5, 0.6) is 0 Å². The first-order valence-electron chi connectivity index (χ1n) is 8.01. The number of hydrogen-bond acceptors (Lipinski definition) is 5. The Kier molecular flexibility index (Phi) is 5.24. The number of nitro benzene ring substituents is 1. The number of fused-ring (bicyclic) bond motifs is 1. The van der Waals surface area contributed by atoms with Crippen LogP contribution in [0, 0.1) is 16.0 Å². The fraction of sp³-hybridized carbons (Fsp3) is 0.294. The predicted octanol–water partition coefficient (Wildman–Crippen LogP) is 3.51. The zero-order valence-electron chi connectivity index (χ0n) is 13.9. The van der Waals surface area contributed by atoms with Crippen LogP contribution in [0.2, 0.25) is 5.02 Å². The molecule has 0 fully saturated rings. The molecule has 0 saturated heterocycles. The van der Waals surface area contributed by atoms with E-state index in [-0.39, 0.29) is 16.3 Å². The highest BCUT2D eigenvalue weighted by Gasteiger charge is 2.23. The van der Waals surface area contributed by atoms with Crippen LogP contribution in [0.25, 0.3) is 0 Å². The van der Waals surface area contributed by atoms with E-state index >= 15 is 0 Å². The minimum atomic E-state index is -0.803. The Bertz CT molecular complexity index is 896. The molecule has 0 aliphatic heterocycles. The first-order valence-corrected chi connectivity index (χ1v) is 9.21. The van der Waals surface area contributed by atoms with E-state index in [9.17, 15) is 19.7 Å². The van der Waals surface area contributed by atoms with Gasteiger partial charge in [-0.3, -0.25) is 30.6 Å². The number of rotatable bonds is 3. The van der Waals surface area contributed by atoms with E-state index in [1.165, 1.54) is 33.9 Å². The van der Waals surface area contributed by atoms with Crippen LogP contribution in [0.1, 0.15) is 43.8 Å². The molecule has 136 valence electrons. The fourth-order valence-corrected chi connectivity index (χ4v) is 4.19. The normalized spacial score (nSPS) is 15.8. The lowest BCUT2D eigenvalue weighted by Crippen LogP contribution is -2.41. The number of benzene rings is 1. The Labute approximate surface area is 158 Å². The second kappa shape index (κ2) is 7.43. The fourth-order valence-electron chi connectivity index (χ4n) is 2.91. The average Bonchev–Trinajstić information content (AvgIpc) is 3.02. The lowest BCUT2D eigenvalue weighted by Gasteiger charge is -2.16. The van der Waals surface area contributed by atoms with Crippen LogP contribution in [0.15, 0.2) is 24.3 Å². The van der Waals surface area contributed by atoms with E-state index in [4.69, 9.17) is 11.6 Å². The largest absolute Gasteiger partial charge is 0.282 e. The van der Waals surface area contributed by atoms with Crippen LogP contribution in [0.4, 0.5) is 5.69 Å². The molecule has 0 radical (unpaired) electrons. The number of nitrogens with one attached hydrogen (secondary N) is 2. The van der Waals surface area contributed by atoms with Crippen LogP contribution < -0.4 is 10.9 Å². The van der Waals surface area contributed by atoms with Gasteiger partial charge in [-0.15, -0.1) is 11.3 Å². The van der Waals surface area contributed by atoms with Crippen molar-refractivity contribution < 1.29 is 14.5 Å². The van der Waals surface area contributed by atoms with Gasteiger partial charge in [-0.25, -0.2) is 0 Å². The molecule has 0 bridgehead atoms. The quantitative estimate of drug-likeness (QED) is 0.615. The van der Waals surface area contributed by atoms with E-state index < -0.39 is 16.7 Å². The van der Waals surface area contributed by atoms with Crippen LogP contribution in [-0.4, -0.2) is 16.7 Å². The van der Waals surface area contributed by atoms with E-state index in [0.717, 1.165) is 25.3 Å². The lowest BCUT2D eigenvalue weighted by atomic mass is 9.90. The predicted molar refractivity (Wildman–Crippen MR) is 98.5 cm³/mol. The Balaban J connectivity index is 1.69. The van der Waals surface area contributed by atoms with Gasteiger partial charge in [0.25, 0.3) is 17.5 Å². The van der Waals surface area contributed by atoms with E-state index in [1.54, 1.807) is 0 Å². The number of thiophene rings is 1. The van der Waals surface area contributed by atoms with Crippen molar-refractivity contribution in [2.45, 2.75) is 26.2 Å². The summed E-state index contributed by atoms with van der Waals surface area (Å²) in [5, 5.41) is 11.2. The molecule has 26 heavy (non-hydrogen) atoms. The van der Waals surface area contributed by atoms with E-state index in [2.05, 4.69) is 17.8 Å². The van der Waals surface area contributed by atoms with Gasteiger partial charge in [-0.2, -0.15) is 0 Å². The van der Waals surface area contributed by atoms with Crippen molar-refractivity contribution in [2.24, 2.45) is 5.92 Å². The zero-order valence-corrected chi connectivity index (χ0v) is 15.4. The number of hydrogen-bond donors (Lipinski definition) is 2. The summed E-state index contributed by atoms with van der Waals surface area (Å²) in [6.07, 6.45) is 3.00. The number of halogens is 1. The highest BCUT2D eigenvalue weighted by molar-refractivity contribution is 7.14. The Hall–Kier alpha value is -2.45. The monoisotopic (exact) mass is 393 g/mol. The molecule has 2 aromatic rings. The summed E-state index contributed by atoms with van der Waals surface area (Å²) in [5.74, 6) is -0.659. The highest BCUT2D eigenvalue weighted by atomic mass is 35.5. The van der Waals surface area contributed by atoms with Crippen molar-refractivity contribution in [2.75, 3.05) is 0 Å². The van der Waals surface area contributed by atoms with Crippen molar-refractivity contribution in [3.63, 3.8) is 0 Å². The van der Waals surface area contributed by atoms with Gasteiger partial charge in [-0.1, -0.05) is 18.5 Å². The number of nitrogens with zero attached hydrogens (tertiary/aromatic N) is 1. The average molecular weight is 394 g/mol. The van der Waals surface area contributed by atoms with E-state index in [1.807, 2.05) is 6.07 Å². The van der Waals surface area contributed by atoms with Crippen molar-refractivity contribution in [1.29, 1.82) is 0 Å². The Morgan fingerprint density at radius 2 is 2.00 bits per heavy atom. The van der Waals surface area contributed by atoms with Crippen molar-refractivity contribution in [3.05, 3.63) is 60.3 Å². The van der Waals surface area contributed by atoms with Crippen molar-refractivity contribution in [3.8, 4) is 0 Å². The van der Waals surface area contributed by atoms with Crippen molar-refractivity contribution >= 4 is 40.4 Å². The molecule has 0 spiro atoms. The maximum Gasteiger partial charge on any atom is 0.282 e. The zero-order chi connectivity index (χ0) is 18.8. The molecule has 3 rings (SSSR count). The number of nitro groups is 1. The summed E-state index contributed by atoms with van der Waals surface area (Å²) in [6, 6.07) is 5.51. The maximum absolute atomic E-state index is 12.3. The van der Waals surface area contributed by atoms with Gasteiger partial charge in [0.15, 0.2) is 0 Å². The summed E-state index contributed by atoms with van der Waals surface area (Å²) >= 11 is 7.22. The molecule has 1 atom stereocenters. The van der Waals surface area contributed by atoms with Gasteiger partial charge in [0.2, 0.25) is 0 Å². The minimum absolute atomic E-state index is 0.187. The summed E-state index contributed by atoms with van der Waals surface area (Å²) < 4.78 is 0. The van der Waals surface area contributed by atoms with Gasteiger partial charge in [0.05, 0.1) is 9.80 Å². The number of hydrazine groups is 1. The van der Waals surface area contributed by atoms with Gasteiger partial charge in [0.1, 0.15) is 5.56 Å². The second-order valence-electron chi connectivity index (χ2n) is 6.23. The minimum Gasteiger partial charge on any atom is -0.267 e. The van der Waals surface area contributed by atoms with Gasteiger partial charge >= 0.3 is 0 Å². The Morgan fingerprint density at radius 1 is 1.27 bits per heavy atom. The third-order valence-corrected chi connectivity index (χ3v) is 5.71. The molecule has 2 amide bonds. The Morgan fingerprint density at radius 3 is 2.73 bits per heavy atom. The first kappa shape index (κ1) is 18.3. The summed E-state index contributed by atoms with van der Waals surface area (Å²) in [7, 11) is 0. The first-order chi connectivity index (χ1) is 12.3. The topological polar surface area (TPSA) is 101 Å². The van der Waals surface area contributed by atoms with Crippen molar-refractivity contribution in [1.82, 2.24) is 10.9 Å². The number of aryl methyl sites for hydroxylation is 1. The molecule has 1 heterocycles. The van der Waals surface area contributed by atoms with Crippen LogP contribution in [0.3, 0.4) is 0 Å². The molecule has 0 unspecified atom stereocenters. The highest BCUT2D eigenvalue weighted by Crippen LogP contribution is 2.32. The summed E-state index contributed by atoms with van der Waals surface area (Å²) in [6.45, 7) is 2.18. The number of carbonyl (C=O) groups is 2. The van der Waals surface area contributed by atoms with E-state index in [0.29, 0.717) is 10.8 Å². The molecule has 1 aliphatic rings.